The molecule has 0 unspecified atom stereocenters. The van der Waals surface area contributed by atoms with Gasteiger partial charge in [-0.1, -0.05) is 31.2 Å². The Balaban J connectivity index is 2.34. The van der Waals surface area contributed by atoms with Crippen molar-refractivity contribution in [3.8, 4) is 0 Å². The standard InChI is InChI=1S/C14H14NO2S/c1-2-12-8-6-7-11-14(12)15-18(16,17)13-9-4-3-5-10-13/h3-5,7-11,15H,2H2,1H3. The zero-order valence-electron chi connectivity index (χ0n) is 10.1. The van der Waals surface area contributed by atoms with E-state index in [-0.39, 0.29) is 4.90 Å². The molecule has 2 rings (SSSR count). The summed E-state index contributed by atoms with van der Waals surface area (Å²) in [7, 11) is -3.51. The van der Waals surface area contributed by atoms with Crippen molar-refractivity contribution in [1.82, 2.24) is 0 Å². The Morgan fingerprint density at radius 1 is 1.17 bits per heavy atom. The second-order valence-corrected chi connectivity index (χ2v) is 5.54. The van der Waals surface area contributed by atoms with E-state index in [1.807, 2.05) is 6.92 Å². The summed E-state index contributed by atoms with van der Waals surface area (Å²) in [5.74, 6) is 0. The van der Waals surface area contributed by atoms with Crippen LogP contribution in [0.5, 0.6) is 0 Å². The van der Waals surface area contributed by atoms with E-state index in [2.05, 4.69) is 10.8 Å². The lowest BCUT2D eigenvalue weighted by Crippen LogP contribution is -2.13. The smallest absolute Gasteiger partial charge is 0.261 e. The molecule has 0 fully saturated rings. The predicted octanol–water partition coefficient (Wildman–Crippen LogP) is 2.85. The highest BCUT2D eigenvalue weighted by molar-refractivity contribution is 7.92. The van der Waals surface area contributed by atoms with Crippen molar-refractivity contribution in [3.05, 3.63) is 60.2 Å². The third kappa shape index (κ3) is 2.71. The SMILES string of the molecule is CCc1c[c]ccc1NS(=O)(=O)c1ccccc1. The number of sulfonamides is 1. The largest absolute Gasteiger partial charge is 0.279 e. The summed E-state index contributed by atoms with van der Waals surface area (Å²) in [6, 6.07) is 16.5. The van der Waals surface area contributed by atoms with Gasteiger partial charge in [0.2, 0.25) is 0 Å². The van der Waals surface area contributed by atoms with Gasteiger partial charge in [0.05, 0.1) is 10.6 Å². The summed E-state index contributed by atoms with van der Waals surface area (Å²) in [6.07, 6.45) is 0.754. The molecular formula is C14H14NO2S. The van der Waals surface area contributed by atoms with Gasteiger partial charge >= 0.3 is 0 Å². The van der Waals surface area contributed by atoms with Crippen LogP contribution in [-0.4, -0.2) is 8.42 Å². The Hall–Kier alpha value is -1.81. The molecular weight excluding hydrogens is 246 g/mol. The quantitative estimate of drug-likeness (QED) is 0.918. The number of rotatable bonds is 4. The van der Waals surface area contributed by atoms with E-state index in [9.17, 15) is 8.42 Å². The molecule has 0 aliphatic heterocycles. The van der Waals surface area contributed by atoms with Crippen LogP contribution in [-0.2, 0) is 16.4 Å². The van der Waals surface area contributed by atoms with Gasteiger partial charge in [-0.15, -0.1) is 0 Å². The Morgan fingerprint density at radius 3 is 2.56 bits per heavy atom. The van der Waals surface area contributed by atoms with Crippen LogP contribution in [0.1, 0.15) is 12.5 Å². The summed E-state index contributed by atoms with van der Waals surface area (Å²) < 4.78 is 26.9. The van der Waals surface area contributed by atoms with E-state index in [0.717, 1.165) is 12.0 Å². The van der Waals surface area contributed by atoms with Crippen molar-refractivity contribution in [2.24, 2.45) is 0 Å². The molecule has 0 heterocycles. The minimum atomic E-state index is -3.51. The summed E-state index contributed by atoms with van der Waals surface area (Å²) in [5.41, 5.74) is 1.54. The third-order valence-corrected chi connectivity index (χ3v) is 4.01. The van der Waals surface area contributed by atoms with Crippen LogP contribution in [0.25, 0.3) is 0 Å². The molecule has 18 heavy (non-hydrogen) atoms. The molecule has 1 radical (unpaired) electrons. The first-order valence-electron chi connectivity index (χ1n) is 5.70. The number of benzene rings is 2. The lowest BCUT2D eigenvalue weighted by atomic mass is 10.1. The first kappa shape index (κ1) is 12.6. The minimum Gasteiger partial charge on any atom is -0.279 e. The number of anilines is 1. The molecule has 4 heteroatoms. The number of aryl methyl sites for hydroxylation is 1. The van der Waals surface area contributed by atoms with Crippen molar-refractivity contribution < 1.29 is 8.42 Å². The van der Waals surface area contributed by atoms with Crippen molar-refractivity contribution in [1.29, 1.82) is 0 Å². The third-order valence-electron chi connectivity index (χ3n) is 2.63. The summed E-state index contributed by atoms with van der Waals surface area (Å²) in [4.78, 5) is 0.264. The molecule has 0 bridgehead atoms. The Morgan fingerprint density at radius 2 is 1.89 bits per heavy atom. The molecule has 3 nitrogen and oxygen atoms in total. The van der Waals surface area contributed by atoms with Crippen molar-refractivity contribution in [3.63, 3.8) is 0 Å². The van der Waals surface area contributed by atoms with Gasteiger partial charge in [0.1, 0.15) is 0 Å². The van der Waals surface area contributed by atoms with Gasteiger partial charge in [-0.05, 0) is 42.3 Å². The van der Waals surface area contributed by atoms with Crippen LogP contribution in [0.15, 0.2) is 53.4 Å². The molecule has 0 spiro atoms. The zero-order valence-corrected chi connectivity index (χ0v) is 10.9. The lowest BCUT2D eigenvalue weighted by molar-refractivity contribution is 0.601. The monoisotopic (exact) mass is 260 g/mol. The fraction of sp³-hybridized carbons (Fsp3) is 0.143. The van der Waals surface area contributed by atoms with Crippen LogP contribution in [0, 0.1) is 6.07 Å². The molecule has 0 atom stereocenters. The van der Waals surface area contributed by atoms with Crippen LogP contribution < -0.4 is 4.72 Å². The maximum absolute atomic E-state index is 12.1. The van der Waals surface area contributed by atoms with Crippen LogP contribution in [0.4, 0.5) is 5.69 Å². The summed E-state index contributed by atoms with van der Waals surface area (Å²) >= 11 is 0. The maximum atomic E-state index is 12.1. The van der Waals surface area contributed by atoms with E-state index in [0.29, 0.717) is 5.69 Å². The molecule has 1 N–H and O–H groups in total. The number of hydrogen-bond acceptors (Lipinski definition) is 2. The number of nitrogens with one attached hydrogen (secondary N) is 1. The van der Waals surface area contributed by atoms with Gasteiger partial charge in [0, 0.05) is 0 Å². The topological polar surface area (TPSA) is 46.2 Å². The van der Waals surface area contributed by atoms with Crippen LogP contribution >= 0.6 is 0 Å². The molecule has 0 aliphatic carbocycles. The molecule has 0 aliphatic rings. The average Bonchev–Trinajstić information content (AvgIpc) is 2.40. The second kappa shape index (κ2) is 5.23. The van der Waals surface area contributed by atoms with Crippen molar-refractivity contribution in [2.75, 3.05) is 4.72 Å². The molecule has 0 aromatic heterocycles. The van der Waals surface area contributed by atoms with E-state index < -0.39 is 10.0 Å². The average molecular weight is 260 g/mol. The highest BCUT2D eigenvalue weighted by Crippen LogP contribution is 2.19. The molecule has 2 aromatic carbocycles. The zero-order chi connectivity index (χ0) is 13.0. The minimum absolute atomic E-state index is 0.264. The molecule has 0 amide bonds. The van der Waals surface area contributed by atoms with Gasteiger partial charge < -0.3 is 0 Å². The normalized spacial score (nSPS) is 11.2. The Labute approximate surface area is 108 Å². The molecule has 93 valence electrons. The lowest BCUT2D eigenvalue weighted by Gasteiger charge is -2.11. The van der Waals surface area contributed by atoms with E-state index in [4.69, 9.17) is 0 Å². The van der Waals surface area contributed by atoms with Gasteiger partial charge in [-0.25, -0.2) is 8.42 Å². The van der Waals surface area contributed by atoms with Gasteiger partial charge in [0.25, 0.3) is 10.0 Å². The predicted molar refractivity (Wildman–Crippen MR) is 71.9 cm³/mol. The maximum Gasteiger partial charge on any atom is 0.261 e. The first-order valence-corrected chi connectivity index (χ1v) is 7.18. The van der Waals surface area contributed by atoms with E-state index >= 15 is 0 Å². The van der Waals surface area contributed by atoms with Gasteiger partial charge in [0.15, 0.2) is 0 Å². The van der Waals surface area contributed by atoms with Crippen LogP contribution in [0.3, 0.4) is 0 Å². The fourth-order valence-electron chi connectivity index (χ4n) is 1.66. The second-order valence-electron chi connectivity index (χ2n) is 3.86. The first-order chi connectivity index (χ1) is 8.63. The van der Waals surface area contributed by atoms with Crippen molar-refractivity contribution in [2.45, 2.75) is 18.2 Å². The molecule has 0 saturated carbocycles. The highest BCUT2D eigenvalue weighted by Gasteiger charge is 2.14. The molecule has 2 aromatic rings. The van der Waals surface area contributed by atoms with Crippen molar-refractivity contribution >= 4 is 15.7 Å². The fourth-order valence-corrected chi connectivity index (χ4v) is 2.78. The number of hydrogen-bond donors (Lipinski definition) is 1. The van der Waals surface area contributed by atoms with Gasteiger partial charge in [-0.3, -0.25) is 4.72 Å². The van der Waals surface area contributed by atoms with E-state index in [1.54, 1.807) is 48.5 Å². The Bertz CT molecular complexity index is 621. The highest BCUT2D eigenvalue weighted by atomic mass is 32.2. The van der Waals surface area contributed by atoms with Crippen LogP contribution in [0.2, 0.25) is 0 Å². The molecule has 0 saturated heterocycles. The van der Waals surface area contributed by atoms with E-state index in [1.165, 1.54) is 0 Å². The van der Waals surface area contributed by atoms with Gasteiger partial charge in [-0.2, -0.15) is 0 Å². The Kier molecular flexibility index (Phi) is 3.67. The summed E-state index contributed by atoms with van der Waals surface area (Å²) in [5, 5.41) is 0. The summed E-state index contributed by atoms with van der Waals surface area (Å²) in [6.45, 7) is 1.98.